The van der Waals surface area contributed by atoms with Crippen molar-refractivity contribution in [3.05, 3.63) is 35.2 Å². The highest BCUT2D eigenvalue weighted by atomic mass is 35.5. The van der Waals surface area contributed by atoms with E-state index >= 15 is 0 Å². The highest BCUT2D eigenvalue weighted by Crippen LogP contribution is 2.30. The number of carbonyl (C=O) groups excluding carboxylic acids is 1. The van der Waals surface area contributed by atoms with Crippen LogP contribution in [0.5, 0.6) is 0 Å². The lowest BCUT2D eigenvalue weighted by molar-refractivity contribution is -0.126. The lowest BCUT2D eigenvalue weighted by Gasteiger charge is -2.23. The molecule has 0 radical (unpaired) electrons. The Kier molecular flexibility index (Phi) is 5.45. The Morgan fingerprint density at radius 1 is 1.36 bits per heavy atom. The number of fused-ring (bicyclic) bond motifs is 1. The standard InChI is InChI=1S/C16H20N2O2S.ClH/c17-16(7-3-4-8-16)15(20)18-10-12(19)14-9-11-5-1-2-6-13(11)21-14;/h1-2,5-6,9,12,19H,3-4,7-8,10,17H2,(H,18,20);1H. The molecular weight excluding hydrogens is 320 g/mol. The Labute approximate surface area is 140 Å². The molecule has 1 atom stereocenters. The lowest BCUT2D eigenvalue weighted by atomic mass is 9.98. The van der Waals surface area contributed by atoms with Gasteiger partial charge in [0, 0.05) is 16.1 Å². The van der Waals surface area contributed by atoms with Crippen molar-refractivity contribution in [2.75, 3.05) is 6.54 Å². The third-order valence-electron chi connectivity index (χ3n) is 4.18. The van der Waals surface area contributed by atoms with Crippen LogP contribution >= 0.6 is 23.7 Å². The quantitative estimate of drug-likeness (QED) is 0.801. The predicted octanol–water partition coefficient (Wildman–Crippen LogP) is 2.74. The van der Waals surface area contributed by atoms with Gasteiger partial charge in [-0.3, -0.25) is 4.79 Å². The van der Waals surface area contributed by atoms with E-state index in [9.17, 15) is 9.90 Å². The number of aliphatic hydroxyl groups excluding tert-OH is 1. The second-order valence-electron chi connectivity index (χ2n) is 5.78. The third kappa shape index (κ3) is 3.43. The van der Waals surface area contributed by atoms with E-state index in [0.717, 1.165) is 40.6 Å². The van der Waals surface area contributed by atoms with Gasteiger partial charge in [0.05, 0.1) is 5.54 Å². The number of hydrogen-bond donors (Lipinski definition) is 3. The molecule has 2 aromatic rings. The van der Waals surface area contributed by atoms with Crippen molar-refractivity contribution in [1.29, 1.82) is 0 Å². The zero-order chi connectivity index (χ0) is 14.9. The maximum atomic E-state index is 12.1. The highest BCUT2D eigenvalue weighted by Gasteiger charge is 2.36. The average molecular weight is 341 g/mol. The van der Waals surface area contributed by atoms with Gasteiger partial charge >= 0.3 is 0 Å². The van der Waals surface area contributed by atoms with Crippen LogP contribution in [0.4, 0.5) is 0 Å². The van der Waals surface area contributed by atoms with E-state index in [1.165, 1.54) is 0 Å². The SMILES string of the molecule is Cl.NC1(C(=O)NCC(O)c2cc3ccccc3s2)CCCC1. The van der Waals surface area contributed by atoms with Gasteiger partial charge in [-0.05, 0) is 30.4 Å². The zero-order valence-electron chi connectivity index (χ0n) is 12.2. The van der Waals surface area contributed by atoms with Gasteiger partial charge in [0.15, 0.2) is 0 Å². The van der Waals surface area contributed by atoms with Crippen molar-refractivity contribution in [3.63, 3.8) is 0 Å². The van der Waals surface area contributed by atoms with Crippen LogP contribution in [0.2, 0.25) is 0 Å². The maximum Gasteiger partial charge on any atom is 0.240 e. The second kappa shape index (κ2) is 6.96. The first-order valence-electron chi connectivity index (χ1n) is 7.32. The van der Waals surface area contributed by atoms with Crippen molar-refractivity contribution in [1.82, 2.24) is 5.32 Å². The van der Waals surface area contributed by atoms with E-state index < -0.39 is 11.6 Å². The van der Waals surface area contributed by atoms with Crippen molar-refractivity contribution < 1.29 is 9.90 Å². The maximum absolute atomic E-state index is 12.1. The molecule has 1 heterocycles. The smallest absolute Gasteiger partial charge is 0.240 e. The normalized spacial score (nSPS) is 17.9. The van der Waals surface area contributed by atoms with Gasteiger partial charge in [0.2, 0.25) is 5.91 Å². The monoisotopic (exact) mass is 340 g/mol. The Bertz CT molecular complexity index is 619. The summed E-state index contributed by atoms with van der Waals surface area (Å²) < 4.78 is 1.14. The molecule has 0 bridgehead atoms. The number of carbonyl (C=O) groups is 1. The molecule has 1 unspecified atom stereocenters. The fourth-order valence-corrected chi connectivity index (χ4v) is 3.92. The number of thiophene rings is 1. The minimum atomic E-state index is -0.736. The van der Waals surface area contributed by atoms with Crippen LogP contribution in [0.25, 0.3) is 10.1 Å². The summed E-state index contributed by atoms with van der Waals surface area (Å²) in [5, 5.41) is 14.2. The summed E-state index contributed by atoms with van der Waals surface area (Å²) in [7, 11) is 0. The number of amides is 1. The number of nitrogens with two attached hydrogens (primary N) is 1. The first-order valence-corrected chi connectivity index (χ1v) is 8.14. The number of halogens is 1. The van der Waals surface area contributed by atoms with Crippen LogP contribution in [0.3, 0.4) is 0 Å². The number of nitrogens with one attached hydrogen (secondary N) is 1. The van der Waals surface area contributed by atoms with Gasteiger partial charge in [-0.2, -0.15) is 0 Å². The predicted molar refractivity (Wildman–Crippen MR) is 92.4 cm³/mol. The largest absolute Gasteiger partial charge is 0.386 e. The number of aliphatic hydroxyl groups is 1. The summed E-state index contributed by atoms with van der Waals surface area (Å²) in [5.41, 5.74) is 5.36. The first-order chi connectivity index (χ1) is 10.1. The van der Waals surface area contributed by atoms with Crippen molar-refractivity contribution in [3.8, 4) is 0 Å². The van der Waals surface area contributed by atoms with Gasteiger partial charge in [0.1, 0.15) is 6.10 Å². The molecule has 1 aromatic carbocycles. The van der Waals surface area contributed by atoms with Crippen LogP contribution in [-0.2, 0) is 4.79 Å². The number of rotatable bonds is 4. The number of hydrogen-bond acceptors (Lipinski definition) is 4. The molecule has 1 aliphatic carbocycles. The number of benzene rings is 1. The summed E-state index contributed by atoms with van der Waals surface area (Å²) in [6.45, 7) is 0.213. The average Bonchev–Trinajstić information content (AvgIpc) is 3.11. The summed E-state index contributed by atoms with van der Waals surface area (Å²) in [5.74, 6) is -0.139. The summed E-state index contributed by atoms with van der Waals surface area (Å²) in [4.78, 5) is 13.0. The molecule has 0 spiro atoms. The summed E-state index contributed by atoms with van der Waals surface area (Å²) in [6.07, 6.45) is 2.79. The van der Waals surface area contributed by atoms with Gasteiger partial charge in [-0.25, -0.2) is 0 Å². The molecule has 4 N–H and O–H groups in total. The van der Waals surface area contributed by atoms with Crippen molar-refractivity contribution in [2.24, 2.45) is 5.73 Å². The van der Waals surface area contributed by atoms with Crippen LogP contribution in [0.15, 0.2) is 30.3 Å². The lowest BCUT2D eigenvalue weighted by Crippen LogP contribution is -2.52. The van der Waals surface area contributed by atoms with E-state index in [4.69, 9.17) is 5.73 Å². The molecule has 0 saturated heterocycles. The Morgan fingerprint density at radius 3 is 2.73 bits per heavy atom. The van der Waals surface area contributed by atoms with Crippen molar-refractivity contribution in [2.45, 2.75) is 37.3 Å². The van der Waals surface area contributed by atoms with Crippen LogP contribution in [-0.4, -0.2) is 23.1 Å². The van der Waals surface area contributed by atoms with Gasteiger partial charge < -0.3 is 16.2 Å². The molecule has 120 valence electrons. The molecule has 1 amide bonds. The van der Waals surface area contributed by atoms with E-state index in [1.54, 1.807) is 11.3 Å². The second-order valence-corrected chi connectivity index (χ2v) is 6.89. The summed E-state index contributed by atoms with van der Waals surface area (Å²) >= 11 is 1.56. The molecule has 1 fully saturated rings. The van der Waals surface area contributed by atoms with E-state index in [1.807, 2.05) is 30.3 Å². The van der Waals surface area contributed by atoms with Gasteiger partial charge in [-0.1, -0.05) is 31.0 Å². The minimum Gasteiger partial charge on any atom is -0.386 e. The van der Waals surface area contributed by atoms with E-state index in [-0.39, 0.29) is 24.9 Å². The van der Waals surface area contributed by atoms with Crippen LogP contribution in [0.1, 0.15) is 36.7 Å². The Hall–Kier alpha value is -1.14. The first kappa shape index (κ1) is 17.2. The topological polar surface area (TPSA) is 75.4 Å². The Morgan fingerprint density at radius 2 is 2.05 bits per heavy atom. The van der Waals surface area contributed by atoms with Gasteiger partial charge in [0.25, 0.3) is 0 Å². The van der Waals surface area contributed by atoms with Crippen LogP contribution < -0.4 is 11.1 Å². The zero-order valence-corrected chi connectivity index (χ0v) is 13.9. The molecule has 1 saturated carbocycles. The van der Waals surface area contributed by atoms with Crippen LogP contribution in [0, 0.1) is 0 Å². The molecule has 6 heteroatoms. The summed E-state index contributed by atoms with van der Waals surface area (Å²) in [6, 6.07) is 9.99. The van der Waals surface area contributed by atoms with E-state index in [2.05, 4.69) is 5.32 Å². The third-order valence-corrected chi connectivity index (χ3v) is 5.39. The fourth-order valence-electron chi connectivity index (χ4n) is 2.87. The Balaban J connectivity index is 0.00000176. The molecule has 22 heavy (non-hydrogen) atoms. The van der Waals surface area contributed by atoms with Gasteiger partial charge in [-0.15, -0.1) is 23.7 Å². The highest BCUT2D eigenvalue weighted by molar-refractivity contribution is 7.19. The van der Waals surface area contributed by atoms with Crippen molar-refractivity contribution >= 4 is 39.7 Å². The molecule has 3 rings (SSSR count). The molecule has 4 nitrogen and oxygen atoms in total. The van der Waals surface area contributed by atoms with E-state index in [0.29, 0.717) is 0 Å². The molecule has 0 aliphatic heterocycles. The minimum absolute atomic E-state index is 0. The molecule has 1 aromatic heterocycles. The molecular formula is C16H21ClN2O2S. The molecule has 1 aliphatic rings. The fraction of sp³-hybridized carbons (Fsp3) is 0.438.